The van der Waals surface area contributed by atoms with E-state index in [9.17, 15) is 13.2 Å². The summed E-state index contributed by atoms with van der Waals surface area (Å²) in [7, 11) is 0. The number of halogens is 3. The largest absolute Gasteiger partial charge is 0.435 e. The third-order valence-corrected chi connectivity index (χ3v) is 5.36. The molecule has 0 N–H and O–H groups in total. The first-order valence-electron chi connectivity index (χ1n) is 8.22. The fourth-order valence-electron chi connectivity index (χ4n) is 2.96. The molecule has 1 aliphatic heterocycles. The Bertz CT molecular complexity index is 852. The first kappa shape index (κ1) is 17.2. The van der Waals surface area contributed by atoms with E-state index < -0.39 is 11.9 Å². The molecule has 0 atom stereocenters. The molecule has 0 unspecified atom stereocenters. The number of benzene rings is 1. The van der Waals surface area contributed by atoms with Crippen molar-refractivity contribution < 1.29 is 13.2 Å². The van der Waals surface area contributed by atoms with E-state index >= 15 is 0 Å². The number of alkyl halides is 3. The van der Waals surface area contributed by atoms with Gasteiger partial charge in [0.15, 0.2) is 11.5 Å². The Morgan fingerprint density at radius 3 is 2.38 bits per heavy atom. The van der Waals surface area contributed by atoms with Crippen LogP contribution in [-0.4, -0.2) is 46.3 Å². The molecule has 0 amide bonds. The second-order valence-electron chi connectivity index (χ2n) is 6.11. The van der Waals surface area contributed by atoms with Gasteiger partial charge in [-0.05, 0) is 24.3 Å². The molecule has 5 nitrogen and oxygen atoms in total. The molecule has 2 aromatic heterocycles. The summed E-state index contributed by atoms with van der Waals surface area (Å²) in [5, 5.41) is 8.11. The molecule has 1 fully saturated rings. The van der Waals surface area contributed by atoms with Gasteiger partial charge in [-0.2, -0.15) is 13.2 Å². The molecule has 3 aromatic rings. The van der Waals surface area contributed by atoms with E-state index in [1.54, 1.807) is 11.3 Å². The first-order valence-corrected chi connectivity index (χ1v) is 9.03. The highest BCUT2D eigenvalue weighted by molar-refractivity contribution is 7.18. The van der Waals surface area contributed by atoms with Gasteiger partial charge in [0.1, 0.15) is 5.01 Å². The van der Waals surface area contributed by atoms with Crippen LogP contribution in [0.15, 0.2) is 36.4 Å². The number of hydrogen-bond donors (Lipinski definition) is 0. The maximum Gasteiger partial charge on any atom is 0.435 e. The molecule has 1 aliphatic rings. The molecule has 0 radical (unpaired) electrons. The summed E-state index contributed by atoms with van der Waals surface area (Å²) in [5.74, 6) is 0.484. The molecule has 136 valence electrons. The zero-order chi connectivity index (χ0) is 18.1. The van der Waals surface area contributed by atoms with E-state index in [-0.39, 0.29) is 0 Å². The van der Waals surface area contributed by atoms with Gasteiger partial charge in [0.05, 0.1) is 16.8 Å². The molecule has 4 rings (SSSR count). The van der Waals surface area contributed by atoms with Gasteiger partial charge in [0, 0.05) is 26.2 Å². The summed E-state index contributed by atoms with van der Waals surface area (Å²) in [6.07, 6.45) is -4.46. The highest BCUT2D eigenvalue weighted by Crippen LogP contribution is 2.28. The summed E-state index contributed by atoms with van der Waals surface area (Å²) in [5.41, 5.74) is 0.0573. The van der Waals surface area contributed by atoms with E-state index in [4.69, 9.17) is 0 Å². The lowest BCUT2D eigenvalue weighted by Gasteiger charge is -2.34. The van der Waals surface area contributed by atoms with Crippen LogP contribution >= 0.6 is 11.3 Å². The number of aromatic nitrogens is 3. The minimum Gasteiger partial charge on any atom is -0.353 e. The summed E-state index contributed by atoms with van der Waals surface area (Å²) in [6.45, 7) is 3.79. The molecule has 0 bridgehead atoms. The SMILES string of the molecule is FC(F)(F)c1ccc(N2CCN(Cc3nc4ccccc4s3)CC2)nn1. The fraction of sp³-hybridized carbons (Fsp3) is 0.353. The molecule has 0 spiro atoms. The fourth-order valence-corrected chi connectivity index (χ4v) is 3.97. The smallest absolute Gasteiger partial charge is 0.353 e. The summed E-state index contributed by atoms with van der Waals surface area (Å²) in [6, 6.07) is 10.4. The summed E-state index contributed by atoms with van der Waals surface area (Å²) in [4.78, 5) is 8.91. The van der Waals surface area contributed by atoms with E-state index in [1.807, 2.05) is 23.1 Å². The van der Waals surface area contributed by atoms with Crippen LogP contribution in [0.3, 0.4) is 0 Å². The van der Waals surface area contributed by atoms with Gasteiger partial charge >= 0.3 is 6.18 Å². The van der Waals surface area contributed by atoms with Gasteiger partial charge in [0.25, 0.3) is 0 Å². The third kappa shape index (κ3) is 3.63. The Balaban J connectivity index is 1.36. The van der Waals surface area contributed by atoms with Crippen molar-refractivity contribution in [1.29, 1.82) is 0 Å². The van der Waals surface area contributed by atoms with Crippen LogP contribution < -0.4 is 4.90 Å². The third-order valence-electron chi connectivity index (χ3n) is 4.33. The maximum atomic E-state index is 12.6. The Morgan fingerprint density at radius 1 is 0.962 bits per heavy atom. The van der Waals surface area contributed by atoms with Gasteiger partial charge in [0.2, 0.25) is 0 Å². The zero-order valence-corrected chi connectivity index (χ0v) is 14.6. The zero-order valence-electron chi connectivity index (χ0n) is 13.8. The number of thiazole rings is 1. The van der Waals surface area contributed by atoms with Crippen LogP contribution in [-0.2, 0) is 12.7 Å². The van der Waals surface area contributed by atoms with Crippen LogP contribution in [0.4, 0.5) is 19.0 Å². The lowest BCUT2D eigenvalue weighted by molar-refractivity contribution is -0.141. The summed E-state index contributed by atoms with van der Waals surface area (Å²) >= 11 is 1.70. The summed E-state index contributed by atoms with van der Waals surface area (Å²) < 4.78 is 38.9. The number of anilines is 1. The first-order chi connectivity index (χ1) is 12.5. The van der Waals surface area contributed by atoms with Gasteiger partial charge in [-0.1, -0.05) is 12.1 Å². The Kier molecular flexibility index (Phi) is 4.49. The number of fused-ring (bicyclic) bond motifs is 1. The predicted octanol–water partition coefficient (Wildman–Crippen LogP) is 3.43. The van der Waals surface area contributed by atoms with E-state index in [2.05, 4.69) is 26.1 Å². The van der Waals surface area contributed by atoms with Crippen molar-refractivity contribution >= 4 is 27.4 Å². The average molecular weight is 379 g/mol. The minimum absolute atomic E-state index is 0.484. The molecule has 1 aromatic carbocycles. The predicted molar refractivity (Wildman–Crippen MR) is 94.1 cm³/mol. The topological polar surface area (TPSA) is 45.2 Å². The van der Waals surface area contributed by atoms with Crippen molar-refractivity contribution in [2.75, 3.05) is 31.1 Å². The normalized spacial score (nSPS) is 16.3. The van der Waals surface area contributed by atoms with Gasteiger partial charge < -0.3 is 4.90 Å². The average Bonchev–Trinajstić information content (AvgIpc) is 3.04. The van der Waals surface area contributed by atoms with Gasteiger partial charge in [-0.3, -0.25) is 4.90 Å². The Hall–Kier alpha value is -2.26. The number of piperazine rings is 1. The highest BCUT2D eigenvalue weighted by Gasteiger charge is 2.33. The monoisotopic (exact) mass is 379 g/mol. The molecular weight excluding hydrogens is 363 g/mol. The van der Waals surface area contributed by atoms with E-state index in [1.165, 1.54) is 10.8 Å². The molecule has 0 aliphatic carbocycles. The lowest BCUT2D eigenvalue weighted by atomic mass is 10.3. The number of rotatable bonds is 3. The van der Waals surface area contributed by atoms with Crippen molar-refractivity contribution in [3.63, 3.8) is 0 Å². The van der Waals surface area contributed by atoms with Crippen molar-refractivity contribution in [1.82, 2.24) is 20.1 Å². The van der Waals surface area contributed by atoms with Crippen molar-refractivity contribution in [2.45, 2.75) is 12.7 Å². The lowest BCUT2D eigenvalue weighted by Crippen LogP contribution is -2.46. The van der Waals surface area contributed by atoms with Crippen molar-refractivity contribution in [2.24, 2.45) is 0 Å². The van der Waals surface area contributed by atoms with Crippen LogP contribution in [0.1, 0.15) is 10.7 Å². The van der Waals surface area contributed by atoms with Gasteiger partial charge in [-0.15, -0.1) is 21.5 Å². The Morgan fingerprint density at radius 2 is 1.73 bits per heavy atom. The molecule has 3 heterocycles. The standard InChI is InChI=1S/C17H16F3N5S/c18-17(19,20)14-5-6-15(23-22-14)25-9-7-24(8-10-25)11-16-21-12-3-1-2-4-13(12)26-16/h1-6H,7-11H2. The molecule has 0 saturated carbocycles. The van der Waals surface area contributed by atoms with E-state index in [0.717, 1.165) is 36.2 Å². The maximum absolute atomic E-state index is 12.6. The Labute approximate surface area is 152 Å². The van der Waals surface area contributed by atoms with Crippen LogP contribution in [0.2, 0.25) is 0 Å². The van der Waals surface area contributed by atoms with Crippen LogP contribution in [0, 0.1) is 0 Å². The minimum atomic E-state index is -4.46. The molecule has 1 saturated heterocycles. The molecule has 9 heteroatoms. The highest BCUT2D eigenvalue weighted by atomic mass is 32.1. The van der Waals surface area contributed by atoms with Crippen molar-refractivity contribution in [3.05, 3.63) is 47.1 Å². The van der Waals surface area contributed by atoms with Crippen LogP contribution in [0.25, 0.3) is 10.2 Å². The van der Waals surface area contributed by atoms with Crippen LogP contribution in [0.5, 0.6) is 0 Å². The quantitative estimate of drug-likeness (QED) is 0.698. The van der Waals surface area contributed by atoms with Gasteiger partial charge in [-0.25, -0.2) is 4.98 Å². The van der Waals surface area contributed by atoms with Crippen molar-refractivity contribution in [3.8, 4) is 0 Å². The van der Waals surface area contributed by atoms with E-state index in [0.29, 0.717) is 18.9 Å². The number of nitrogens with zero attached hydrogens (tertiary/aromatic N) is 5. The molecule has 26 heavy (non-hydrogen) atoms. The number of para-hydroxylation sites is 1. The second-order valence-corrected chi connectivity index (χ2v) is 7.23. The molecular formula is C17H16F3N5S. The number of hydrogen-bond acceptors (Lipinski definition) is 6. The second kappa shape index (κ2) is 6.81.